The zero-order valence-corrected chi connectivity index (χ0v) is 9.73. The average molecular weight is 225 g/mol. The molecule has 0 radical (unpaired) electrons. The molecule has 1 aliphatic rings. The lowest BCUT2D eigenvalue weighted by atomic mass is 10.0. The fraction of sp³-hybridized carbons (Fsp3) is 0.600. The lowest BCUT2D eigenvalue weighted by Gasteiger charge is -2.27. The first-order chi connectivity index (χ1) is 7.16. The van der Waals surface area contributed by atoms with Crippen LogP contribution in [0.25, 0.3) is 0 Å². The molecule has 1 unspecified atom stereocenters. The molecule has 1 aromatic rings. The molecule has 1 amide bonds. The number of nitrogens with one attached hydrogen (secondary N) is 2. The van der Waals surface area contributed by atoms with Gasteiger partial charge in [0.15, 0.2) is 0 Å². The maximum Gasteiger partial charge on any atom is 0.226 e. The van der Waals surface area contributed by atoms with Crippen LogP contribution in [0.1, 0.15) is 23.7 Å². The van der Waals surface area contributed by atoms with Crippen LogP contribution in [0.2, 0.25) is 0 Å². The monoisotopic (exact) mass is 225 g/mol. The molecule has 1 saturated heterocycles. The molecule has 2 rings (SSSR count). The van der Waals surface area contributed by atoms with E-state index in [9.17, 15) is 4.79 Å². The normalized spacial score (nSPS) is 18.3. The number of aromatic nitrogens is 1. The molecular weight excluding hydrogens is 210 g/mol. The summed E-state index contributed by atoms with van der Waals surface area (Å²) in [5.74, 6) is 0.277. The number of thiazole rings is 1. The number of hydrogen-bond acceptors (Lipinski definition) is 4. The molecule has 0 bridgehead atoms. The van der Waals surface area contributed by atoms with Gasteiger partial charge in [-0.3, -0.25) is 4.79 Å². The third-order valence-corrected chi connectivity index (χ3v) is 3.38. The van der Waals surface area contributed by atoms with Gasteiger partial charge in [0.05, 0.1) is 22.7 Å². The van der Waals surface area contributed by atoms with E-state index in [-0.39, 0.29) is 17.9 Å². The largest absolute Gasteiger partial charge is 0.348 e. The van der Waals surface area contributed by atoms with Gasteiger partial charge in [-0.15, -0.1) is 11.3 Å². The van der Waals surface area contributed by atoms with E-state index in [2.05, 4.69) is 15.6 Å². The number of aryl methyl sites for hydroxylation is 1. The van der Waals surface area contributed by atoms with Gasteiger partial charge in [-0.1, -0.05) is 0 Å². The van der Waals surface area contributed by atoms with Crippen molar-refractivity contribution in [1.82, 2.24) is 15.6 Å². The molecule has 2 heterocycles. The summed E-state index contributed by atoms with van der Waals surface area (Å²) in [4.78, 5) is 16.0. The number of amides is 1. The molecule has 82 valence electrons. The Morgan fingerprint density at radius 2 is 2.47 bits per heavy atom. The lowest BCUT2D eigenvalue weighted by molar-refractivity contribution is -0.127. The van der Waals surface area contributed by atoms with Crippen molar-refractivity contribution in [1.29, 1.82) is 0 Å². The fourth-order valence-corrected chi connectivity index (χ4v) is 2.16. The summed E-state index contributed by atoms with van der Waals surface area (Å²) >= 11 is 1.61. The Bertz CT molecular complexity index is 359. The zero-order valence-electron chi connectivity index (χ0n) is 8.91. The maximum absolute atomic E-state index is 11.6. The molecule has 0 aromatic carbocycles. The Morgan fingerprint density at radius 1 is 1.73 bits per heavy atom. The van der Waals surface area contributed by atoms with Crippen LogP contribution in [0.5, 0.6) is 0 Å². The summed E-state index contributed by atoms with van der Waals surface area (Å²) in [6.45, 7) is 5.54. The van der Waals surface area contributed by atoms with E-state index >= 15 is 0 Å². The number of rotatable bonds is 3. The van der Waals surface area contributed by atoms with Gasteiger partial charge < -0.3 is 10.6 Å². The molecule has 2 N–H and O–H groups in total. The molecular formula is C10H15N3OS. The number of hydrogen-bond donors (Lipinski definition) is 2. The summed E-state index contributed by atoms with van der Waals surface area (Å²) in [6, 6.07) is 0.0167. The Morgan fingerprint density at radius 3 is 2.93 bits per heavy atom. The van der Waals surface area contributed by atoms with Crippen molar-refractivity contribution < 1.29 is 4.79 Å². The summed E-state index contributed by atoms with van der Waals surface area (Å²) in [6.07, 6.45) is 0. The van der Waals surface area contributed by atoms with Crippen LogP contribution in [0, 0.1) is 12.8 Å². The SMILES string of the molecule is Cc1nc(C(C)NC(=O)C2CNC2)cs1. The van der Waals surface area contributed by atoms with Crippen molar-refractivity contribution in [2.24, 2.45) is 5.92 Å². The number of carbonyl (C=O) groups is 1. The summed E-state index contributed by atoms with van der Waals surface area (Å²) < 4.78 is 0. The van der Waals surface area contributed by atoms with Crippen LogP contribution in [-0.2, 0) is 4.79 Å². The van der Waals surface area contributed by atoms with Gasteiger partial charge in [-0.25, -0.2) is 4.98 Å². The van der Waals surface area contributed by atoms with E-state index in [1.165, 1.54) is 0 Å². The minimum atomic E-state index is 0.0167. The molecule has 5 heteroatoms. The van der Waals surface area contributed by atoms with Crippen LogP contribution in [-0.4, -0.2) is 24.0 Å². The van der Waals surface area contributed by atoms with Gasteiger partial charge in [0, 0.05) is 18.5 Å². The second-order valence-electron chi connectivity index (χ2n) is 3.88. The third kappa shape index (κ3) is 2.35. The molecule has 0 saturated carbocycles. The highest BCUT2D eigenvalue weighted by Gasteiger charge is 2.26. The zero-order chi connectivity index (χ0) is 10.8. The topological polar surface area (TPSA) is 54.0 Å². The summed E-state index contributed by atoms with van der Waals surface area (Å²) in [7, 11) is 0. The Labute approximate surface area is 93.1 Å². The highest BCUT2D eigenvalue weighted by Crippen LogP contribution is 2.16. The molecule has 0 spiro atoms. The van der Waals surface area contributed by atoms with Crippen molar-refractivity contribution in [3.8, 4) is 0 Å². The van der Waals surface area contributed by atoms with Crippen LogP contribution in [0.15, 0.2) is 5.38 Å². The molecule has 1 fully saturated rings. The first-order valence-electron chi connectivity index (χ1n) is 5.10. The van der Waals surface area contributed by atoms with Gasteiger partial charge in [-0.05, 0) is 13.8 Å². The van der Waals surface area contributed by atoms with E-state index in [0.29, 0.717) is 0 Å². The highest BCUT2D eigenvalue weighted by atomic mass is 32.1. The standard InChI is InChI=1S/C10H15N3OS/c1-6(9-5-15-7(2)13-9)12-10(14)8-3-11-4-8/h5-6,8,11H,3-4H2,1-2H3,(H,12,14). The van der Waals surface area contributed by atoms with Crippen molar-refractivity contribution in [2.75, 3.05) is 13.1 Å². The molecule has 1 aromatic heterocycles. The minimum absolute atomic E-state index is 0.0167. The van der Waals surface area contributed by atoms with E-state index < -0.39 is 0 Å². The van der Waals surface area contributed by atoms with E-state index in [1.54, 1.807) is 11.3 Å². The van der Waals surface area contributed by atoms with Crippen molar-refractivity contribution in [2.45, 2.75) is 19.9 Å². The minimum Gasteiger partial charge on any atom is -0.348 e. The van der Waals surface area contributed by atoms with Crippen LogP contribution in [0.4, 0.5) is 0 Å². The Balaban J connectivity index is 1.91. The fourth-order valence-electron chi connectivity index (χ4n) is 1.46. The quantitative estimate of drug-likeness (QED) is 0.802. The summed E-state index contributed by atoms with van der Waals surface area (Å²) in [5, 5.41) is 9.10. The van der Waals surface area contributed by atoms with Gasteiger partial charge in [0.2, 0.25) is 5.91 Å². The lowest BCUT2D eigenvalue weighted by Crippen LogP contribution is -2.51. The molecule has 0 aliphatic carbocycles. The average Bonchev–Trinajstić information content (AvgIpc) is 2.48. The molecule has 1 atom stereocenters. The van der Waals surface area contributed by atoms with Gasteiger partial charge in [0.1, 0.15) is 0 Å². The summed E-state index contributed by atoms with van der Waals surface area (Å²) in [5.41, 5.74) is 0.957. The first-order valence-corrected chi connectivity index (χ1v) is 5.98. The smallest absolute Gasteiger partial charge is 0.226 e. The highest BCUT2D eigenvalue weighted by molar-refractivity contribution is 7.09. The second-order valence-corrected chi connectivity index (χ2v) is 4.94. The van der Waals surface area contributed by atoms with Crippen molar-refractivity contribution in [3.63, 3.8) is 0 Å². The third-order valence-electron chi connectivity index (χ3n) is 2.59. The second kappa shape index (κ2) is 4.28. The van der Waals surface area contributed by atoms with Crippen LogP contribution in [0.3, 0.4) is 0 Å². The van der Waals surface area contributed by atoms with Gasteiger partial charge in [0.25, 0.3) is 0 Å². The van der Waals surface area contributed by atoms with Crippen LogP contribution < -0.4 is 10.6 Å². The maximum atomic E-state index is 11.6. The van der Waals surface area contributed by atoms with E-state index in [0.717, 1.165) is 23.8 Å². The van der Waals surface area contributed by atoms with Crippen molar-refractivity contribution >= 4 is 17.2 Å². The predicted molar refractivity (Wildman–Crippen MR) is 59.8 cm³/mol. The predicted octanol–water partition coefficient (Wildman–Crippen LogP) is 0.848. The van der Waals surface area contributed by atoms with Crippen LogP contribution >= 0.6 is 11.3 Å². The van der Waals surface area contributed by atoms with Gasteiger partial charge >= 0.3 is 0 Å². The molecule has 4 nitrogen and oxygen atoms in total. The Kier molecular flexibility index (Phi) is 3.02. The van der Waals surface area contributed by atoms with E-state index in [4.69, 9.17) is 0 Å². The van der Waals surface area contributed by atoms with Crippen molar-refractivity contribution in [3.05, 3.63) is 16.1 Å². The molecule has 15 heavy (non-hydrogen) atoms. The first kappa shape index (κ1) is 10.6. The van der Waals surface area contributed by atoms with Gasteiger partial charge in [-0.2, -0.15) is 0 Å². The number of nitrogens with zero attached hydrogens (tertiary/aromatic N) is 1. The molecule has 1 aliphatic heterocycles. The van der Waals surface area contributed by atoms with E-state index in [1.807, 2.05) is 19.2 Å². The Hall–Kier alpha value is -0.940. The number of carbonyl (C=O) groups excluding carboxylic acids is 1.